The fourth-order valence-corrected chi connectivity index (χ4v) is 3.92. The van der Waals surface area contributed by atoms with Crippen LogP contribution in [-0.4, -0.2) is 23.2 Å². The van der Waals surface area contributed by atoms with Crippen LogP contribution in [0.15, 0.2) is 84.3 Å². The summed E-state index contributed by atoms with van der Waals surface area (Å²) in [7, 11) is -3.70. The van der Waals surface area contributed by atoms with Crippen molar-refractivity contribution in [3.8, 4) is 0 Å². The molecule has 0 aliphatic carbocycles. The third-order valence-corrected chi connectivity index (χ3v) is 5.46. The molecule has 0 spiro atoms. The lowest BCUT2D eigenvalue weighted by atomic mass is 10.1. The fraction of sp³-hybridized carbons (Fsp3) is 0.0526. The minimum absolute atomic E-state index is 0.228. The van der Waals surface area contributed by atoms with E-state index < -0.39 is 10.0 Å². The lowest BCUT2D eigenvalue weighted by Gasteiger charge is -2.13. The summed E-state index contributed by atoms with van der Waals surface area (Å²) in [6.45, 7) is 0.427. The van der Waals surface area contributed by atoms with Gasteiger partial charge in [-0.2, -0.15) is 5.10 Å². The third-order valence-electron chi connectivity index (χ3n) is 4.09. The minimum Gasteiger partial charge on any atom is -0.279 e. The van der Waals surface area contributed by atoms with Crippen molar-refractivity contribution < 1.29 is 8.42 Å². The second-order valence-corrected chi connectivity index (χ2v) is 7.55. The molecule has 0 atom stereocenters. The van der Waals surface area contributed by atoms with Crippen LogP contribution in [0.1, 0.15) is 5.56 Å². The van der Waals surface area contributed by atoms with Crippen molar-refractivity contribution in [1.29, 1.82) is 0 Å². The Balaban J connectivity index is 1.67. The maximum Gasteiger partial charge on any atom is 0.261 e. The molecule has 6 nitrogen and oxygen atoms in total. The average Bonchev–Trinajstić information content (AvgIpc) is 3.16. The van der Waals surface area contributed by atoms with E-state index in [1.807, 2.05) is 42.5 Å². The summed E-state index contributed by atoms with van der Waals surface area (Å²) in [5, 5.41) is 5.95. The molecular weight excluding hydrogens is 348 g/mol. The van der Waals surface area contributed by atoms with Crippen LogP contribution < -0.4 is 4.72 Å². The van der Waals surface area contributed by atoms with Crippen molar-refractivity contribution in [2.75, 3.05) is 4.72 Å². The van der Waals surface area contributed by atoms with Crippen LogP contribution >= 0.6 is 0 Å². The zero-order valence-corrected chi connectivity index (χ0v) is 14.6. The first-order valence-corrected chi connectivity index (χ1v) is 9.52. The third kappa shape index (κ3) is 3.29. The van der Waals surface area contributed by atoms with Gasteiger partial charge in [0.25, 0.3) is 10.0 Å². The highest BCUT2D eigenvalue weighted by atomic mass is 32.2. The molecule has 0 amide bonds. The van der Waals surface area contributed by atoms with Crippen LogP contribution in [0.3, 0.4) is 0 Å². The Morgan fingerprint density at radius 1 is 0.923 bits per heavy atom. The number of benzene rings is 3. The summed E-state index contributed by atoms with van der Waals surface area (Å²) >= 11 is 0. The van der Waals surface area contributed by atoms with E-state index in [0.717, 1.165) is 16.3 Å². The Bertz CT molecular complexity index is 1160. The van der Waals surface area contributed by atoms with E-state index >= 15 is 0 Å². The van der Waals surface area contributed by atoms with E-state index in [1.165, 1.54) is 6.33 Å². The molecule has 26 heavy (non-hydrogen) atoms. The largest absolute Gasteiger partial charge is 0.279 e. The number of nitrogens with one attached hydrogen (secondary N) is 1. The van der Waals surface area contributed by atoms with Crippen LogP contribution in [-0.2, 0) is 16.6 Å². The van der Waals surface area contributed by atoms with Gasteiger partial charge in [0.15, 0.2) is 0 Å². The molecule has 0 fully saturated rings. The van der Waals surface area contributed by atoms with Gasteiger partial charge in [0, 0.05) is 0 Å². The first kappa shape index (κ1) is 16.3. The number of anilines is 1. The summed E-state index contributed by atoms with van der Waals surface area (Å²) in [6.07, 6.45) is 3.04. The Kier molecular flexibility index (Phi) is 4.14. The lowest BCUT2D eigenvalue weighted by Crippen LogP contribution is -2.15. The highest BCUT2D eigenvalue weighted by molar-refractivity contribution is 7.92. The Morgan fingerprint density at radius 2 is 1.69 bits per heavy atom. The topological polar surface area (TPSA) is 76.9 Å². The average molecular weight is 364 g/mol. The maximum absolute atomic E-state index is 12.9. The molecule has 130 valence electrons. The molecule has 4 rings (SSSR count). The van der Waals surface area contributed by atoms with Gasteiger partial charge >= 0.3 is 0 Å². The molecule has 1 aromatic heterocycles. The molecule has 0 saturated heterocycles. The van der Waals surface area contributed by atoms with Gasteiger partial charge in [-0.25, -0.2) is 18.1 Å². The van der Waals surface area contributed by atoms with E-state index in [4.69, 9.17) is 0 Å². The fourth-order valence-electron chi connectivity index (χ4n) is 2.78. The van der Waals surface area contributed by atoms with Gasteiger partial charge in [0.1, 0.15) is 12.7 Å². The van der Waals surface area contributed by atoms with E-state index in [-0.39, 0.29) is 4.90 Å². The van der Waals surface area contributed by atoms with Crippen LogP contribution in [0.25, 0.3) is 10.8 Å². The predicted molar refractivity (Wildman–Crippen MR) is 100 cm³/mol. The summed E-state index contributed by atoms with van der Waals surface area (Å²) in [4.78, 5) is 4.14. The van der Waals surface area contributed by atoms with Crippen molar-refractivity contribution >= 4 is 26.5 Å². The molecule has 1 N–H and O–H groups in total. The maximum atomic E-state index is 12.9. The zero-order valence-electron chi connectivity index (χ0n) is 13.8. The Morgan fingerprint density at radius 3 is 2.50 bits per heavy atom. The van der Waals surface area contributed by atoms with Gasteiger partial charge in [-0.3, -0.25) is 4.72 Å². The first-order valence-electron chi connectivity index (χ1n) is 8.04. The molecule has 3 aromatic carbocycles. The SMILES string of the molecule is O=S(=O)(Nc1ccccc1Cn1cncn1)c1ccc2ccccc2c1. The van der Waals surface area contributed by atoms with Crippen molar-refractivity contribution in [2.24, 2.45) is 0 Å². The summed E-state index contributed by atoms with van der Waals surface area (Å²) < 4.78 is 30.0. The van der Waals surface area contributed by atoms with Crippen LogP contribution in [0.5, 0.6) is 0 Å². The quantitative estimate of drug-likeness (QED) is 0.590. The molecule has 0 bridgehead atoms. The highest BCUT2D eigenvalue weighted by Crippen LogP contribution is 2.23. The number of rotatable bonds is 5. The predicted octanol–water partition coefficient (Wildman–Crippen LogP) is 3.28. The van der Waals surface area contributed by atoms with E-state index in [2.05, 4.69) is 14.8 Å². The van der Waals surface area contributed by atoms with E-state index in [9.17, 15) is 8.42 Å². The number of para-hydroxylation sites is 1. The Hall–Kier alpha value is -3.19. The molecule has 0 saturated carbocycles. The van der Waals surface area contributed by atoms with Crippen molar-refractivity contribution in [3.63, 3.8) is 0 Å². The van der Waals surface area contributed by atoms with Gasteiger partial charge in [0.2, 0.25) is 0 Å². The van der Waals surface area contributed by atoms with Crippen LogP contribution in [0.4, 0.5) is 5.69 Å². The van der Waals surface area contributed by atoms with Gasteiger partial charge < -0.3 is 0 Å². The molecule has 0 unspecified atom stereocenters. The van der Waals surface area contributed by atoms with Gasteiger partial charge in [-0.05, 0) is 34.5 Å². The molecule has 1 heterocycles. The van der Waals surface area contributed by atoms with Crippen molar-refractivity contribution in [3.05, 3.63) is 84.9 Å². The monoisotopic (exact) mass is 364 g/mol. The summed E-state index contributed by atoms with van der Waals surface area (Å²) in [5.41, 5.74) is 1.33. The number of aromatic nitrogens is 3. The standard InChI is InChI=1S/C19H16N4O2S/c24-26(25,18-10-9-15-5-1-2-6-16(15)11-18)22-19-8-4-3-7-17(19)12-23-14-20-13-21-23/h1-11,13-14,22H,12H2. The van der Waals surface area contributed by atoms with Crippen LogP contribution in [0, 0.1) is 0 Å². The Labute approximate surface area is 151 Å². The normalized spacial score (nSPS) is 11.5. The van der Waals surface area contributed by atoms with Crippen molar-refractivity contribution in [2.45, 2.75) is 11.4 Å². The zero-order chi connectivity index (χ0) is 18.0. The minimum atomic E-state index is -3.70. The van der Waals surface area contributed by atoms with Crippen molar-refractivity contribution in [1.82, 2.24) is 14.8 Å². The van der Waals surface area contributed by atoms with E-state index in [0.29, 0.717) is 12.2 Å². The van der Waals surface area contributed by atoms with Gasteiger partial charge in [-0.1, -0.05) is 48.5 Å². The highest BCUT2D eigenvalue weighted by Gasteiger charge is 2.16. The molecule has 7 heteroatoms. The van der Waals surface area contributed by atoms with E-state index in [1.54, 1.807) is 35.3 Å². The second kappa shape index (κ2) is 6.61. The molecule has 0 radical (unpaired) electrons. The number of fused-ring (bicyclic) bond motifs is 1. The second-order valence-electron chi connectivity index (χ2n) is 5.86. The number of hydrogen-bond acceptors (Lipinski definition) is 4. The smallest absolute Gasteiger partial charge is 0.261 e. The molecule has 0 aliphatic heterocycles. The van der Waals surface area contributed by atoms with Gasteiger partial charge in [-0.15, -0.1) is 0 Å². The first-order chi connectivity index (χ1) is 12.6. The number of sulfonamides is 1. The summed E-state index contributed by atoms with van der Waals surface area (Å²) in [6, 6.07) is 20.0. The van der Waals surface area contributed by atoms with Gasteiger partial charge in [0.05, 0.1) is 17.1 Å². The molecule has 4 aromatic rings. The molecule has 0 aliphatic rings. The lowest BCUT2D eigenvalue weighted by molar-refractivity contribution is 0.601. The van der Waals surface area contributed by atoms with Crippen LogP contribution in [0.2, 0.25) is 0 Å². The summed E-state index contributed by atoms with van der Waals surface area (Å²) in [5.74, 6) is 0. The number of nitrogens with zero attached hydrogens (tertiary/aromatic N) is 3. The number of hydrogen-bond donors (Lipinski definition) is 1. The molecular formula is C19H16N4O2S.